The third-order valence-corrected chi connectivity index (χ3v) is 5.45. The van der Waals surface area contributed by atoms with Crippen molar-refractivity contribution in [3.05, 3.63) is 30.6 Å². The number of ether oxygens (including phenoxy) is 1. The third kappa shape index (κ3) is 6.71. The average molecular weight is 430 g/mol. The normalized spacial score (nSPS) is 14.2. The summed E-state index contributed by atoms with van der Waals surface area (Å²) in [6, 6.07) is 5.06. The number of amides is 3. The number of nitrogens with one attached hydrogen (secondary N) is 2. The molecule has 31 heavy (non-hydrogen) atoms. The van der Waals surface area contributed by atoms with E-state index in [-0.39, 0.29) is 19.2 Å². The van der Waals surface area contributed by atoms with Crippen LogP contribution in [-0.4, -0.2) is 58.4 Å². The molecular weight excluding hydrogens is 398 g/mol. The standard InChI is InChI=1S/C22H31N5O4/c23-21(29)15-27(14-16-5-2-1-3-6-16)22(30)26-19-8-7-17(18-12-24-25-13-18)11-20(19)31-10-4-9-28/h7-8,11-13,16,28H,1-6,9-10,14-15H2,(H2,23,29)(H,24,25)(H,26,30). The summed E-state index contributed by atoms with van der Waals surface area (Å²) in [6.07, 6.45) is 9.56. The van der Waals surface area contributed by atoms with Crippen LogP contribution in [0.25, 0.3) is 11.1 Å². The Kier molecular flexibility index (Phi) is 8.28. The van der Waals surface area contributed by atoms with Gasteiger partial charge in [-0.3, -0.25) is 9.89 Å². The number of aliphatic hydroxyl groups is 1. The Balaban J connectivity index is 1.76. The lowest BCUT2D eigenvalue weighted by atomic mass is 9.89. The number of anilines is 1. The molecule has 1 aromatic heterocycles. The Morgan fingerprint density at radius 3 is 2.74 bits per heavy atom. The zero-order chi connectivity index (χ0) is 22.1. The van der Waals surface area contributed by atoms with Crippen molar-refractivity contribution in [3.8, 4) is 16.9 Å². The van der Waals surface area contributed by atoms with Crippen molar-refractivity contribution in [3.63, 3.8) is 0 Å². The highest BCUT2D eigenvalue weighted by molar-refractivity contribution is 5.93. The SMILES string of the molecule is NC(=O)CN(CC1CCCCC1)C(=O)Nc1ccc(-c2cn[nH]c2)cc1OCCCO. The van der Waals surface area contributed by atoms with Crippen LogP contribution in [0.5, 0.6) is 5.75 Å². The number of aromatic amines is 1. The van der Waals surface area contributed by atoms with Crippen LogP contribution in [0.1, 0.15) is 38.5 Å². The highest BCUT2D eigenvalue weighted by atomic mass is 16.5. The number of carbonyl (C=O) groups is 2. The fraction of sp³-hybridized carbons (Fsp3) is 0.500. The number of aromatic nitrogens is 2. The van der Waals surface area contributed by atoms with Gasteiger partial charge < -0.3 is 25.8 Å². The predicted octanol–water partition coefficient (Wildman–Crippen LogP) is 2.74. The maximum atomic E-state index is 13.0. The van der Waals surface area contributed by atoms with Crippen LogP contribution in [-0.2, 0) is 4.79 Å². The summed E-state index contributed by atoms with van der Waals surface area (Å²) in [4.78, 5) is 26.1. The molecule has 0 saturated heterocycles. The summed E-state index contributed by atoms with van der Waals surface area (Å²) >= 11 is 0. The number of rotatable bonds is 10. The molecule has 1 aliphatic carbocycles. The van der Waals surface area contributed by atoms with E-state index in [0.29, 0.717) is 36.9 Å². The van der Waals surface area contributed by atoms with E-state index >= 15 is 0 Å². The lowest BCUT2D eigenvalue weighted by molar-refractivity contribution is -0.118. The number of carbonyl (C=O) groups excluding carboxylic acids is 2. The van der Waals surface area contributed by atoms with E-state index in [0.717, 1.165) is 36.8 Å². The molecule has 1 aromatic carbocycles. The van der Waals surface area contributed by atoms with E-state index in [1.807, 2.05) is 12.1 Å². The Morgan fingerprint density at radius 2 is 2.06 bits per heavy atom. The van der Waals surface area contributed by atoms with Gasteiger partial charge in [-0.25, -0.2) is 4.79 Å². The minimum Gasteiger partial charge on any atom is -0.491 e. The number of primary amides is 1. The molecule has 0 aliphatic heterocycles. The molecule has 0 spiro atoms. The third-order valence-electron chi connectivity index (χ3n) is 5.45. The Hall–Kier alpha value is -3.07. The average Bonchev–Trinajstić information content (AvgIpc) is 3.30. The second kappa shape index (κ2) is 11.4. The van der Waals surface area contributed by atoms with E-state index in [9.17, 15) is 9.59 Å². The molecule has 0 radical (unpaired) electrons. The largest absolute Gasteiger partial charge is 0.491 e. The van der Waals surface area contributed by atoms with E-state index in [1.54, 1.807) is 18.5 Å². The molecule has 168 valence electrons. The van der Waals surface area contributed by atoms with Crippen molar-refractivity contribution < 1.29 is 19.4 Å². The topological polar surface area (TPSA) is 134 Å². The number of urea groups is 1. The van der Waals surface area contributed by atoms with Gasteiger partial charge in [-0.1, -0.05) is 25.3 Å². The molecule has 1 aliphatic rings. The van der Waals surface area contributed by atoms with E-state index in [4.69, 9.17) is 15.6 Å². The zero-order valence-corrected chi connectivity index (χ0v) is 17.7. The lowest BCUT2D eigenvalue weighted by Crippen LogP contribution is -2.43. The van der Waals surface area contributed by atoms with Gasteiger partial charge in [0.25, 0.3) is 0 Å². The van der Waals surface area contributed by atoms with Crippen LogP contribution in [0, 0.1) is 5.92 Å². The van der Waals surface area contributed by atoms with Crippen LogP contribution >= 0.6 is 0 Å². The summed E-state index contributed by atoms with van der Waals surface area (Å²) < 4.78 is 5.81. The summed E-state index contributed by atoms with van der Waals surface area (Å²) in [5.74, 6) is 0.320. The minimum absolute atomic E-state index is 0.0108. The summed E-state index contributed by atoms with van der Waals surface area (Å²) in [5, 5.41) is 18.7. The first-order chi connectivity index (χ1) is 15.1. The van der Waals surface area contributed by atoms with E-state index in [2.05, 4.69) is 15.5 Å². The first kappa shape index (κ1) is 22.6. The van der Waals surface area contributed by atoms with Crippen molar-refractivity contribution in [2.75, 3.05) is 31.6 Å². The highest BCUT2D eigenvalue weighted by Crippen LogP contribution is 2.31. The molecule has 3 rings (SSSR count). The number of hydrogen-bond donors (Lipinski definition) is 4. The van der Waals surface area contributed by atoms with Gasteiger partial charge in [0.2, 0.25) is 5.91 Å². The number of nitrogens with two attached hydrogens (primary N) is 1. The van der Waals surface area contributed by atoms with Gasteiger partial charge >= 0.3 is 6.03 Å². The predicted molar refractivity (Wildman–Crippen MR) is 118 cm³/mol. The first-order valence-electron chi connectivity index (χ1n) is 10.8. The molecule has 1 fully saturated rings. The van der Waals surface area contributed by atoms with Crippen molar-refractivity contribution in [2.24, 2.45) is 11.7 Å². The molecule has 5 N–H and O–H groups in total. The van der Waals surface area contributed by atoms with Crippen LogP contribution in [0.2, 0.25) is 0 Å². The van der Waals surface area contributed by atoms with Gasteiger partial charge in [-0.05, 0) is 36.5 Å². The van der Waals surface area contributed by atoms with E-state index in [1.165, 1.54) is 11.3 Å². The van der Waals surface area contributed by atoms with Crippen LogP contribution in [0.4, 0.5) is 10.5 Å². The Bertz CT molecular complexity index is 850. The number of aliphatic hydroxyl groups excluding tert-OH is 1. The number of benzene rings is 1. The van der Waals surface area contributed by atoms with Crippen LogP contribution in [0.3, 0.4) is 0 Å². The number of hydrogen-bond acceptors (Lipinski definition) is 5. The first-order valence-corrected chi connectivity index (χ1v) is 10.8. The minimum atomic E-state index is -0.541. The smallest absolute Gasteiger partial charge is 0.322 e. The number of nitrogens with zero attached hydrogens (tertiary/aromatic N) is 2. The zero-order valence-electron chi connectivity index (χ0n) is 17.7. The van der Waals surface area contributed by atoms with Crippen molar-refractivity contribution >= 4 is 17.6 Å². The van der Waals surface area contributed by atoms with Crippen molar-refractivity contribution in [1.82, 2.24) is 15.1 Å². The van der Waals surface area contributed by atoms with E-state index < -0.39 is 5.91 Å². The maximum Gasteiger partial charge on any atom is 0.322 e. The molecule has 0 unspecified atom stereocenters. The summed E-state index contributed by atoms with van der Waals surface area (Å²) in [5.41, 5.74) is 7.65. The fourth-order valence-electron chi connectivity index (χ4n) is 3.86. The summed E-state index contributed by atoms with van der Waals surface area (Å²) in [6.45, 7) is 0.691. The molecule has 3 amide bonds. The lowest BCUT2D eigenvalue weighted by Gasteiger charge is -2.29. The molecule has 1 heterocycles. The molecule has 9 nitrogen and oxygen atoms in total. The van der Waals surface area contributed by atoms with Crippen molar-refractivity contribution in [2.45, 2.75) is 38.5 Å². The van der Waals surface area contributed by atoms with Crippen molar-refractivity contribution in [1.29, 1.82) is 0 Å². The Morgan fingerprint density at radius 1 is 1.26 bits per heavy atom. The monoisotopic (exact) mass is 429 g/mol. The second-order valence-corrected chi connectivity index (χ2v) is 7.90. The van der Waals surface area contributed by atoms with Crippen LogP contribution < -0.4 is 15.8 Å². The quantitative estimate of drug-likeness (QED) is 0.431. The molecule has 9 heteroatoms. The van der Waals surface area contributed by atoms with Gasteiger partial charge in [-0.2, -0.15) is 5.10 Å². The van der Waals surface area contributed by atoms with Gasteiger partial charge in [-0.15, -0.1) is 0 Å². The molecule has 0 atom stereocenters. The fourth-order valence-corrected chi connectivity index (χ4v) is 3.86. The van der Waals surface area contributed by atoms with Gasteiger partial charge in [0.15, 0.2) is 0 Å². The molecule has 1 saturated carbocycles. The summed E-state index contributed by atoms with van der Waals surface area (Å²) in [7, 11) is 0. The highest BCUT2D eigenvalue weighted by Gasteiger charge is 2.23. The van der Waals surface area contributed by atoms with Crippen LogP contribution in [0.15, 0.2) is 30.6 Å². The molecular formula is C22H31N5O4. The van der Waals surface area contributed by atoms with Gasteiger partial charge in [0.1, 0.15) is 12.3 Å². The maximum absolute atomic E-state index is 13.0. The second-order valence-electron chi connectivity index (χ2n) is 7.90. The molecule has 2 aromatic rings. The van der Waals surface area contributed by atoms with Gasteiger partial charge in [0.05, 0.1) is 18.5 Å². The Labute approximate surface area is 182 Å². The van der Waals surface area contributed by atoms with Gasteiger partial charge in [0, 0.05) is 31.3 Å². The number of H-pyrrole nitrogens is 1. The molecule has 0 bridgehead atoms.